The van der Waals surface area contributed by atoms with Crippen molar-refractivity contribution in [3.8, 4) is 33.3 Å². The van der Waals surface area contributed by atoms with Gasteiger partial charge in [0.25, 0.3) is 5.88 Å². The number of para-hydroxylation sites is 1. The van der Waals surface area contributed by atoms with Crippen LogP contribution in [0.25, 0.3) is 21.7 Å². The number of likely N-dealkylation sites (tertiary alicyclic amines) is 2. The van der Waals surface area contributed by atoms with E-state index in [0.29, 0.717) is 34.9 Å². The minimum atomic E-state index is -0.824. The first kappa shape index (κ1) is 45.5. The molecule has 350 valence electrons. The van der Waals surface area contributed by atoms with Crippen molar-refractivity contribution in [3.63, 3.8) is 0 Å². The number of rotatable bonds is 14. The Kier molecular flexibility index (Phi) is 13.6. The molecule has 3 aromatic heterocycles. The van der Waals surface area contributed by atoms with Crippen LogP contribution in [0.5, 0.6) is 11.6 Å². The molecule has 2 aromatic carbocycles. The average molecular weight is 919 g/mol. The molecule has 4 aliphatic heterocycles. The van der Waals surface area contributed by atoms with Crippen LogP contribution in [-0.4, -0.2) is 140 Å². The van der Waals surface area contributed by atoms with Crippen molar-refractivity contribution in [1.29, 1.82) is 0 Å². The summed E-state index contributed by atoms with van der Waals surface area (Å²) in [5.41, 5.74) is 7.21. The molecule has 0 saturated carbocycles. The molecule has 17 heteroatoms. The van der Waals surface area contributed by atoms with Crippen LogP contribution in [0.1, 0.15) is 75.9 Å². The fourth-order valence-electron chi connectivity index (χ4n) is 10.4. The van der Waals surface area contributed by atoms with Crippen molar-refractivity contribution >= 4 is 34.7 Å². The van der Waals surface area contributed by atoms with E-state index in [9.17, 15) is 19.8 Å². The molecule has 0 bridgehead atoms. The number of nitrogens with zero attached hydrogens (tertiary/aromatic N) is 8. The lowest BCUT2D eigenvalue weighted by Crippen LogP contribution is -2.59. The summed E-state index contributed by atoms with van der Waals surface area (Å²) in [6.07, 6.45) is 1.47. The summed E-state index contributed by atoms with van der Waals surface area (Å²) in [6, 6.07) is 18.2. The lowest BCUT2D eigenvalue weighted by Gasteiger charge is -2.47. The Morgan fingerprint density at radius 2 is 1.82 bits per heavy atom. The second-order valence-corrected chi connectivity index (χ2v) is 19.8. The molecule has 2 amide bonds. The molecule has 7 heterocycles. The number of phenols is 1. The van der Waals surface area contributed by atoms with Crippen LogP contribution in [0.3, 0.4) is 0 Å². The van der Waals surface area contributed by atoms with Gasteiger partial charge in [-0.3, -0.25) is 19.4 Å². The Morgan fingerprint density at radius 3 is 2.59 bits per heavy atom. The number of amides is 2. The normalized spacial score (nSPS) is 22.6. The highest BCUT2D eigenvalue weighted by Crippen LogP contribution is 2.37. The predicted octanol–water partition coefficient (Wildman–Crippen LogP) is 5.94. The SMILES string of the molecule is Cc1ncsc1-c1ccc([C@H](C)NC(=O)[C@@H]2C[C@@H](O)CN2C(=O)[C@@H](c2cc(O[C@@H](C)CN3CCC[C@H](CN4CCN5c6cc(-c7ccccc7O)nnc6NC[C@@H]5C4)C3)no2)C(C)C)cc1. The first-order valence-corrected chi connectivity index (χ1v) is 24.3. The number of aromatic hydroxyl groups is 1. The highest BCUT2D eigenvalue weighted by atomic mass is 32.1. The van der Waals surface area contributed by atoms with Crippen molar-refractivity contribution in [3.05, 3.63) is 83.2 Å². The summed E-state index contributed by atoms with van der Waals surface area (Å²) in [4.78, 5) is 42.6. The molecule has 7 atom stereocenters. The number of ether oxygens (including phenoxy) is 1. The number of thiazole rings is 1. The Hall–Kier alpha value is -5.62. The number of carbonyl (C=O) groups excluding carboxylic acids is 2. The number of hydrogen-bond acceptors (Lipinski definition) is 15. The van der Waals surface area contributed by atoms with E-state index in [1.807, 2.05) is 88.7 Å². The molecule has 0 aliphatic carbocycles. The number of piperazine rings is 1. The number of nitrogens with one attached hydrogen (secondary N) is 2. The van der Waals surface area contributed by atoms with Crippen LogP contribution in [0.15, 0.2) is 70.7 Å². The number of benzene rings is 2. The summed E-state index contributed by atoms with van der Waals surface area (Å²) in [5.74, 6) is 0.744. The Balaban J connectivity index is 0.764. The van der Waals surface area contributed by atoms with Gasteiger partial charge in [-0.2, -0.15) is 0 Å². The molecular formula is C49H62N10O6S. The fraction of sp³-hybridized carbons (Fsp3) is 0.510. The molecule has 3 saturated heterocycles. The van der Waals surface area contributed by atoms with Crippen molar-refractivity contribution in [2.45, 2.75) is 90.1 Å². The van der Waals surface area contributed by atoms with E-state index < -0.39 is 18.1 Å². The minimum absolute atomic E-state index is 0.0592. The molecule has 16 nitrogen and oxygen atoms in total. The zero-order valence-corrected chi connectivity index (χ0v) is 39.3. The van der Waals surface area contributed by atoms with Crippen LogP contribution >= 0.6 is 11.3 Å². The number of carbonyl (C=O) groups is 2. The second-order valence-electron chi connectivity index (χ2n) is 19.0. The van der Waals surface area contributed by atoms with Gasteiger partial charge in [-0.15, -0.1) is 21.5 Å². The number of aromatic nitrogens is 4. The van der Waals surface area contributed by atoms with Gasteiger partial charge in [0.05, 0.1) is 45.7 Å². The second kappa shape index (κ2) is 19.7. The third kappa shape index (κ3) is 9.89. The van der Waals surface area contributed by atoms with E-state index in [0.717, 1.165) is 92.0 Å². The van der Waals surface area contributed by atoms with Gasteiger partial charge >= 0.3 is 0 Å². The lowest BCUT2D eigenvalue weighted by molar-refractivity contribution is -0.141. The zero-order chi connectivity index (χ0) is 46.1. The van der Waals surface area contributed by atoms with Crippen LogP contribution in [0.2, 0.25) is 0 Å². The molecule has 66 heavy (non-hydrogen) atoms. The molecular weight excluding hydrogens is 857 g/mol. The van der Waals surface area contributed by atoms with Gasteiger partial charge in [0.2, 0.25) is 11.8 Å². The van der Waals surface area contributed by atoms with Crippen molar-refractivity contribution in [2.24, 2.45) is 11.8 Å². The molecule has 4 N–H and O–H groups in total. The highest BCUT2D eigenvalue weighted by Gasteiger charge is 2.44. The van der Waals surface area contributed by atoms with Crippen molar-refractivity contribution < 1.29 is 29.1 Å². The summed E-state index contributed by atoms with van der Waals surface area (Å²) < 4.78 is 12.1. The molecule has 5 aromatic rings. The van der Waals surface area contributed by atoms with Gasteiger partial charge < -0.3 is 39.9 Å². The number of aryl methyl sites for hydroxylation is 1. The summed E-state index contributed by atoms with van der Waals surface area (Å²) in [6.45, 7) is 17.3. The summed E-state index contributed by atoms with van der Waals surface area (Å²) in [5, 5.41) is 40.9. The molecule has 0 radical (unpaired) electrons. The number of hydrogen-bond donors (Lipinski definition) is 4. The standard InChI is InChI=1S/C49H62N10O6S/c1-29(2)45(49(63)59-27-37(60)19-41(59)48(62)52-31(4)34-12-14-35(15-13-34)46-32(5)51-28-66-46)43-21-44(55-65-43)64-30(3)23-56-16-8-9-33(24-56)25-57-17-18-58-36(26-57)22-50-47-40(58)20-39(53-54-47)38-10-6-7-11-42(38)61/h6-7,10-15,20-21,28-31,33,36-37,41,45,60-61H,8-9,16-19,22-27H2,1-5H3,(H,50,54)(H,52,62)/t30-,31-,33-,36+,37+,41-,45+/m0/s1. The highest BCUT2D eigenvalue weighted by molar-refractivity contribution is 7.13. The maximum Gasteiger partial charge on any atom is 0.254 e. The van der Waals surface area contributed by atoms with E-state index in [1.165, 1.54) is 11.3 Å². The zero-order valence-electron chi connectivity index (χ0n) is 38.5. The first-order chi connectivity index (χ1) is 31.9. The fourth-order valence-corrected chi connectivity index (χ4v) is 11.2. The van der Waals surface area contributed by atoms with Gasteiger partial charge in [0.1, 0.15) is 23.8 Å². The van der Waals surface area contributed by atoms with Crippen LogP contribution in [0.4, 0.5) is 11.5 Å². The number of phenolic OH excluding ortho intramolecular Hbond substituents is 1. The summed E-state index contributed by atoms with van der Waals surface area (Å²) >= 11 is 1.59. The molecule has 4 aliphatic rings. The lowest BCUT2D eigenvalue weighted by atomic mass is 9.91. The third-order valence-corrected chi connectivity index (χ3v) is 14.7. The van der Waals surface area contributed by atoms with Crippen LogP contribution < -0.4 is 20.3 Å². The van der Waals surface area contributed by atoms with Gasteiger partial charge in [-0.05, 0) is 86.5 Å². The number of β-amino-alcohol motifs (C(OH)–C–C–N with tert-alkyl or cyclic N) is 1. The van der Waals surface area contributed by atoms with Crippen LogP contribution in [0, 0.1) is 18.8 Å². The van der Waals surface area contributed by atoms with E-state index in [2.05, 4.69) is 45.7 Å². The largest absolute Gasteiger partial charge is 0.507 e. The number of anilines is 2. The smallest absolute Gasteiger partial charge is 0.254 e. The van der Waals surface area contributed by atoms with Gasteiger partial charge in [0, 0.05) is 70.4 Å². The maximum atomic E-state index is 14.3. The average Bonchev–Trinajstić information content (AvgIpc) is 4.06. The number of aliphatic hydroxyl groups excluding tert-OH is 1. The monoisotopic (exact) mass is 918 g/mol. The number of fused-ring (bicyclic) bond motifs is 3. The molecule has 9 rings (SSSR count). The third-order valence-electron chi connectivity index (χ3n) is 13.7. The van der Waals surface area contributed by atoms with E-state index in [1.54, 1.807) is 23.5 Å². The number of aliphatic hydroxyl groups is 1. The number of piperidine rings is 1. The first-order valence-electron chi connectivity index (χ1n) is 23.4. The van der Waals surface area contributed by atoms with Crippen molar-refractivity contribution in [2.75, 3.05) is 69.1 Å². The van der Waals surface area contributed by atoms with Crippen LogP contribution in [-0.2, 0) is 9.59 Å². The topological polar surface area (TPSA) is 186 Å². The Labute approximate surface area is 390 Å². The Bertz CT molecular complexity index is 2480. The van der Waals surface area contributed by atoms with Gasteiger partial charge in [-0.1, -0.05) is 50.2 Å². The van der Waals surface area contributed by atoms with Crippen molar-refractivity contribution in [1.82, 2.24) is 40.4 Å². The quantitative estimate of drug-likeness (QED) is 0.103. The molecule has 0 spiro atoms. The van der Waals surface area contributed by atoms with E-state index >= 15 is 0 Å². The molecule has 0 unspecified atom stereocenters. The van der Waals surface area contributed by atoms with E-state index in [4.69, 9.17) is 9.26 Å². The van der Waals surface area contributed by atoms with E-state index in [-0.39, 0.29) is 48.6 Å². The predicted molar refractivity (Wildman–Crippen MR) is 254 cm³/mol. The minimum Gasteiger partial charge on any atom is -0.507 e. The van der Waals surface area contributed by atoms with Gasteiger partial charge in [-0.25, -0.2) is 4.98 Å². The van der Waals surface area contributed by atoms with Gasteiger partial charge in [0.15, 0.2) is 11.6 Å². The maximum absolute atomic E-state index is 14.3. The summed E-state index contributed by atoms with van der Waals surface area (Å²) in [7, 11) is 0. The Morgan fingerprint density at radius 1 is 1.00 bits per heavy atom. The molecule has 3 fully saturated rings.